The first-order chi connectivity index (χ1) is 21.4. The van der Waals surface area contributed by atoms with E-state index in [1.165, 1.54) is 72.1 Å². The van der Waals surface area contributed by atoms with Gasteiger partial charge in [-0.1, -0.05) is 108 Å². The Morgan fingerprint density at radius 2 is 0.913 bits per heavy atom. The first-order valence-corrected chi connectivity index (χ1v) is 20.9. The third-order valence-corrected chi connectivity index (χ3v) is 15.5. The molecule has 0 nitrogen and oxygen atoms in total. The van der Waals surface area contributed by atoms with Crippen LogP contribution in [0.3, 0.4) is 0 Å². The quantitative estimate of drug-likeness (QED) is 0.0920. The molecular weight excluding hydrogens is 925 g/mol. The molecule has 0 aliphatic carbocycles. The second-order valence-corrected chi connectivity index (χ2v) is 21.8. The monoisotopic (exact) mass is 944 g/mol. The van der Waals surface area contributed by atoms with Crippen molar-refractivity contribution in [1.82, 2.24) is 0 Å². The molecular formula is C34H24Br3Cl4LiS4. The fraction of sp³-hybridized carbons (Fsp3) is 0.147. The molecule has 0 saturated heterocycles. The van der Waals surface area contributed by atoms with Gasteiger partial charge in [-0.05, 0) is 110 Å². The van der Waals surface area contributed by atoms with E-state index in [0.717, 1.165) is 6.42 Å². The molecule has 0 aliphatic heterocycles. The van der Waals surface area contributed by atoms with E-state index in [-0.39, 0.29) is 18.9 Å². The average Bonchev–Trinajstić information content (AvgIpc) is 3.81. The summed E-state index contributed by atoms with van der Waals surface area (Å²) >= 11 is 38.0. The molecule has 0 saturated carbocycles. The van der Waals surface area contributed by atoms with Crippen LogP contribution in [-0.2, 0) is 0 Å². The van der Waals surface area contributed by atoms with Crippen molar-refractivity contribution in [3.8, 4) is 0 Å². The van der Waals surface area contributed by atoms with Crippen LogP contribution in [0.5, 0.6) is 0 Å². The Kier molecular flexibility index (Phi) is 14.6. The Bertz CT molecular complexity index is 2120. The van der Waals surface area contributed by atoms with Crippen molar-refractivity contribution >= 4 is 201 Å². The fourth-order valence-electron chi connectivity index (χ4n) is 4.56. The van der Waals surface area contributed by atoms with Crippen LogP contribution in [0.25, 0.3) is 61.9 Å². The van der Waals surface area contributed by atoms with Gasteiger partial charge in [0.25, 0.3) is 0 Å². The molecule has 0 aliphatic rings. The first kappa shape index (κ1) is 39.2. The predicted octanol–water partition coefficient (Wildman–Crippen LogP) is 14.0. The van der Waals surface area contributed by atoms with E-state index in [1.807, 2.05) is 45.3 Å². The van der Waals surface area contributed by atoms with Gasteiger partial charge in [0.05, 0.1) is 3.79 Å². The number of halogens is 7. The third kappa shape index (κ3) is 9.02. The van der Waals surface area contributed by atoms with Gasteiger partial charge in [-0.15, -0.1) is 45.3 Å². The van der Waals surface area contributed by atoms with Crippen molar-refractivity contribution in [3.05, 3.63) is 99.6 Å². The Morgan fingerprint density at radius 3 is 1.24 bits per heavy atom. The molecule has 0 bridgehead atoms. The standard InChI is InChI=1S/C14H7BrS2.C14H8S2.C4H9.C2Br2Cl4.Li/c15-12-7-9-2-4-10-11(14(9)17-12)3-1-8-5-6-16-13(8)10;1-3-11-12(13-9(1)5-7-15-13)4-2-10-6-8-16-14(10)11;1-3-4-2;3-1(5,6)2(4,7)8;/h1-7H;1-8H;1,3-4H2,2H3;;/q;;-1;;+1. The summed E-state index contributed by atoms with van der Waals surface area (Å²) in [5.74, 6) is 0. The Morgan fingerprint density at radius 1 is 0.587 bits per heavy atom. The summed E-state index contributed by atoms with van der Waals surface area (Å²) in [4.78, 5) is 0. The van der Waals surface area contributed by atoms with Crippen LogP contribution in [-0.4, -0.2) is 6.49 Å². The third-order valence-electron chi connectivity index (χ3n) is 6.77. The summed E-state index contributed by atoms with van der Waals surface area (Å²) in [6, 6.07) is 26.7. The largest absolute Gasteiger partial charge is 1.00 e. The Labute approximate surface area is 341 Å². The topological polar surface area (TPSA) is 0 Å². The van der Waals surface area contributed by atoms with Crippen molar-refractivity contribution < 1.29 is 18.9 Å². The molecule has 0 amide bonds. The number of thiophene rings is 4. The number of benzene rings is 4. The molecule has 0 N–H and O–H groups in total. The van der Waals surface area contributed by atoms with Crippen LogP contribution < -0.4 is 18.9 Å². The van der Waals surface area contributed by atoms with Gasteiger partial charge < -0.3 is 6.92 Å². The number of hydrogen-bond donors (Lipinski definition) is 0. The number of fused-ring (bicyclic) bond motifs is 10. The van der Waals surface area contributed by atoms with Gasteiger partial charge in [0.15, 0.2) is 0 Å². The zero-order valence-corrected chi connectivity index (χ0v) is 35.6. The summed E-state index contributed by atoms with van der Waals surface area (Å²) < 4.78 is 4.08. The molecule has 0 spiro atoms. The summed E-state index contributed by atoms with van der Waals surface area (Å²) in [5.41, 5.74) is 0. The number of hydrogen-bond acceptors (Lipinski definition) is 4. The fourth-order valence-corrected chi connectivity index (χ4v) is 8.99. The average molecular weight is 949 g/mol. The SMILES string of the molecule is Brc1cc2ccc3c(ccc4ccsc43)c2s1.ClC(Cl)(Br)C(Cl)(Cl)Br.[CH2-]CCC.[Li+].c1cc2ccc3c(ccc4ccsc43)c2s1. The minimum atomic E-state index is -1.36. The van der Waals surface area contributed by atoms with Gasteiger partial charge in [-0.25, -0.2) is 0 Å². The molecule has 0 radical (unpaired) electrons. The molecule has 8 rings (SSSR count). The molecule has 46 heavy (non-hydrogen) atoms. The van der Waals surface area contributed by atoms with Crippen molar-refractivity contribution in [1.29, 1.82) is 0 Å². The molecule has 0 unspecified atom stereocenters. The van der Waals surface area contributed by atoms with E-state index in [4.69, 9.17) is 46.4 Å². The molecule has 0 fully saturated rings. The number of alkyl halides is 6. The van der Waals surface area contributed by atoms with Crippen molar-refractivity contribution in [2.24, 2.45) is 0 Å². The van der Waals surface area contributed by atoms with Gasteiger partial charge in [-0.2, -0.15) is 6.42 Å². The van der Waals surface area contributed by atoms with Crippen LogP contribution in [0.1, 0.15) is 19.8 Å². The molecule has 12 heteroatoms. The predicted molar refractivity (Wildman–Crippen MR) is 224 cm³/mol. The Balaban J connectivity index is 0.000000155. The minimum Gasteiger partial charge on any atom is -0.343 e. The van der Waals surface area contributed by atoms with Crippen LogP contribution in [0.15, 0.2) is 92.7 Å². The second kappa shape index (κ2) is 17.1. The number of unbranched alkanes of at least 4 members (excludes halogenated alkanes) is 1. The normalized spacial score (nSPS) is 11.6. The van der Waals surface area contributed by atoms with E-state index in [2.05, 4.69) is 151 Å². The van der Waals surface area contributed by atoms with E-state index >= 15 is 0 Å². The molecule has 4 heterocycles. The van der Waals surface area contributed by atoms with E-state index < -0.39 is 6.49 Å². The number of rotatable bonds is 2. The van der Waals surface area contributed by atoms with Crippen LogP contribution in [0.4, 0.5) is 0 Å². The van der Waals surface area contributed by atoms with Crippen molar-refractivity contribution in [3.63, 3.8) is 0 Å². The maximum absolute atomic E-state index is 5.38. The van der Waals surface area contributed by atoms with Crippen molar-refractivity contribution in [2.45, 2.75) is 26.3 Å². The molecule has 8 aromatic rings. The van der Waals surface area contributed by atoms with Crippen LogP contribution >= 0.6 is 140 Å². The summed E-state index contributed by atoms with van der Waals surface area (Å²) in [5, 5.41) is 17.4. The van der Waals surface area contributed by atoms with Crippen LogP contribution in [0.2, 0.25) is 0 Å². The molecule has 4 aromatic carbocycles. The van der Waals surface area contributed by atoms with E-state index in [0.29, 0.717) is 0 Å². The molecule has 4 aromatic heterocycles. The Hall–Kier alpha value is 0.437. The minimum absolute atomic E-state index is 0. The van der Waals surface area contributed by atoms with Crippen LogP contribution in [0, 0.1) is 6.92 Å². The summed E-state index contributed by atoms with van der Waals surface area (Å²) in [7, 11) is 0. The first-order valence-electron chi connectivity index (χ1n) is 13.6. The summed E-state index contributed by atoms with van der Waals surface area (Å²) in [6.07, 6.45) is 2.28. The smallest absolute Gasteiger partial charge is 0.343 e. The second-order valence-electron chi connectivity index (χ2n) is 9.79. The van der Waals surface area contributed by atoms with E-state index in [9.17, 15) is 0 Å². The maximum Gasteiger partial charge on any atom is 1.00 e. The van der Waals surface area contributed by atoms with E-state index in [1.54, 1.807) is 0 Å². The van der Waals surface area contributed by atoms with Gasteiger partial charge in [0.1, 0.15) is 0 Å². The van der Waals surface area contributed by atoms with Gasteiger partial charge in [0, 0.05) is 40.3 Å². The summed E-state index contributed by atoms with van der Waals surface area (Å²) in [6.45, 7) is 5.72. The molecule has 0 atom stereocenters. The van der Waals surface area contributed by atoms with Gasteiger partial charge in [0.2, 0.25) is 6.49 Å². The van der Waals surface area contributed by atoms with Gasteiger partial charge in [-0.3, -0.25) is 0 Å². The van der Waals surface area contributed by atoms with Gasteiger partial charge >= 0.3 is 18.9 Å². The molecule has 234 valence electrons. The van der Waals surface area contributed by atoms with Crippen molar-refractivity contribution in [2.75, 3.05) is 0 Å². The zero-order chi connectivity index (χ0) is 32.4. The maximum atomic E-state index is 5.38. The zero-order valence-electron chi connectivity index (χ0n) is 24.6.